The summed E-state index contributed by atoms with van der Waals surface area (Å²) in [6.45, 7) is 3.82. The maximum absolute atomic E-state index is 5.99. The summed E-state index contributed by atoms with van der Waals surface area (Å²) in [5.41, 5.74) is 8.79. The van der Waals surface area contributed by atoms with Gasteiger partial charge in [-0.1, -0.05) is 18.2 Å². The summed E-state index contributed by atoms with van der Waals surface area (Å²) in [6.07, 6.45) is 0.731. The van der Waals surface area contributed by atoms with Crippen LogP contribution in [0.25, 0.3) is 0 Å². The summed E-state index contributed by atoms with van der Waals surface area (Å²) in [5.74, 6) is 2.07. The first-order chi connectivity index (χ1) is 10.3. The highest BCUT2D eigenvalue weighted by Gasteiger charge is 2.24. The van der Waals surface area contributed by atoms with Crippen molar-refractivity contribution in [2.45, 2.75) is 19.3 Å². The fourth-order valence-corrected chi connectivity index (χ4v) is 2.60. The molecule has 1 aliphatic rings. The van der Waals surface area contributed by atoms with Crippen molar-refractivity contribution in [3.05, 3.63) is 53.3 Å². The SMILES string of the molecule is Cc1ccc(OCC2COc3ccccc32)c(CCN)n1. The van der Waals surface area contributed by atoms with Crippen LogP contribution in [0.2, 0.25) is 0 Å². The molecule has 2 aromatic rings. The van der Waals surface area contributed by atoms with Crippen LogP contribution in [-0.4, -0.2) is 24.7 Å². The third kappa shape index (κ3) is 3.00. The quantitative estimate of drug-likeness (QED) is 0.916. The van der Waals surface area contributed by atoms with Gasteiger partial charge in [0.05, 0.1) is 24.8 Å². The van der Waals surface area contributed by atoms with Gasteiger partial charge in [-0.25, -0.2) is 0 Å². The van der Waals surface area contributed by atoms with Gasteiger partial charge in [0.15, 0.2) is 0 Å². The van der Waals surface area contributed by atoms with Crippen molar-refractivity contribution in [3.8, 4) is 11.5 Å². The van der Waals surface area contributed by atoms with E-state index in [0.717, 1.165) is 29.3 Å². The fourth-order valence-electron chi connectivity index (χ4n) is 2.60. The van der Waals surface area contributed by atoms with Crippen molar-refractivity contribution in [3.63, 3.8) is 0 Å². The molecule has 1 aromatic heterocycles. The lowest BCUT2D eigenvalue weighted by Crippen LogP contribution is -2.14. The molecule has 21 heavy (non-hydrogen) atoms. The molecule has 0 radical (unpaired) electrons. The highest BCUT2D eigenvalue weighted by atomic mass is 16.5. The van der Waals surface area contributed by atoms with Crippen LogP contribution < -0.4 is 15.2 Å². The van der Waals surface area contributed by atoms with Gasteiger partial charge in [-0.05, 0) is 31.7 Å². The zero-order chi connectivity index (χ0) is 14.7. The summed E-state index contributed by atoms with van der Waals surface area (Å²) in [6, 6.07) is 12.1. The first kappa shape index (κ1) is 13.9. The Morgan fingerprint density at radius 1 is 1.29 bits per heavy atom. The van der Waals surface area contributed by atoms with E-state index in [1.807, 2.05) is 37.3 Å². The molecule has 2 heterocycles. The van der Waals surface area contributed by atoms with Crippen molar-refractivity contribution >= 4 is 0 Å². The van der Waals surface area contributed by atoms with E-state index in [1.54, 1.807) is 0 Å². The Balaban J connectivity index is 1.71. The molecule has 0 amide bonds. The summed E-state index contributed by atoms with van der Waals surface area (Å²) in [7, 11) is 0. The third-order valence-corrected chi connectivity index (χ3v) is 3.69. The highest BCUT2D eigenvalue weighted by molar-refractivity contribution is 5.40. The van der Waals surface area contributed by atoms with Crippen molar-refractivity contribution in [1.29, 1.82) is 0 Å². The van der Waals surface area contributed by atoms with Gasteiger partial charge in [0.25, 0.3) is 0 Å². The van der Waals surface area contributed by atoms with Crippen LogP contribution in [-0.2, 0) is 6.42 Å². The number of aromatic nitrogens is 1. The highest BCUT2D eigenvalue weighted by Crippen LogP contribution is 2.34. The maximum Gasteiger partial charge on any atom is 0.140 e. The minimum absolute atomic E-state index is 0.272. The van der Waals surface area contributed by atoms with Crippen LogP contribution in [0, 0.1) is 6.92 Å². The van der Waals surface area contributed by atoms with Gasteiger partial charge in [-0.15, -0.1) is 0 Å². The topological polar surface area (TPSA) is 57.4 Å². The van der Waals surface area contributed by atoms with Crippen molar-refractivity contribution < 1.29 is 9.47 Å². The van der Waals surface area contributed by atoms with Gasteiger partial charge < -0.3 is 15.2 Å². The number of nitrogens with zero attached hydrogens (tertiary/aromatic N) is 1. The Morgan fingerprint density at radius 2 is 2.14 bits per heavy atom. The van der Waals surface area contributed by atoms with Crippen LogP contribution in [0.1, 0.15) is 22.9 Å². The number of hydrogen-bond acceptors (Lipinski definition) is 4. The molecule has 110 valence electrons. The van der Waals surface area contributed by atoms with Crippen molar-refractivity contribution in [2.75, 3.05) is 19.8 Å². The lowest BCUT2D eigenvalue weighted by atomic mass is 10.0. The number of hydrogen-bond donors (Lipinski definition) is 1. The van der Waals surface area contributed by atoms with E-state index in [2.05, 4.69) is 11.1 Å². The van der Waals surface area contributed by atoms with Gasteiger partial charge in [0.1, 0.15) is 11.5 Å². The van der Waals surface area contributed by atoms with Gasteiger partial charge >= 0.3 is 0 Å². The van der Waals surface area contributed by atoms with Crippen molar-refractivity contribution in [2.24, 2.45) is 5.73 Å². The molecule has 3 rings (SSSR count). The lowest BCUT2D eigenvalue weighted by Gasteiger charge is -2.14. The van der Waals surface area contributed by atoms with Crippen LogP contribution >= 0.6 is 0 Å². The molecule has 0 fully saturated rings. The van der Waals surface area contributed by atoms with Crippen LogP contribution in [0.3, 0.4) is 0 Å². The average molecular weight is 284 g/mol. The Kier molecular flexibility index (Phi) is 4.06. The molecule has 4 heteroatoms. The predicted octanol–water partition coefficient (Wildman–Crippen LogP) is 2.45. The van der Waals surface area contributed by atoms with E-state index >= 15 is 0 Å². The number of benzene rings is 1. The summed E-state index contributed by atoms with van der Waals surface area (Å²) >= 11 is 0. The first-order valence-electron chi connectivity index (χ1n) is 7.29. The molecule has 0 saturated carbocycles. The second-order valence-corrected chi connectivity index (χ2v) is 5.29. The molecule has 1 aromatic carbocycles. The van der Waals surface area contributed by atoms with Gasteiger partial charge in [0, 0.05) is 17.7 Å². The largest absolute Gasteiger partial charge is 0.493 e. The normalized spacial score (nSPS) is 16.4. The molecule has 1 unspecified atom stereocenters. The molecule has 0 bridgehead atoms. The van der Waals surface area contributed by atoms with E-state index < -0.39 is 0 Å². The standard InChI is InChI=1S/C17H20N2O2/c1-12-6-7-17(15(19-12)8-9-18)21-11-13-10-20-16-5-3-2-4-14(13)16/h2-7,13H,8-11,18H2,1H3. The summed E-state index contributed by atoms with van der Waals surface area (Å²) < 4.78 is 11.7. The number of rotatable bonds is 5. The zero-order valence-electron chi connectivity index (χ0n) is 12.2. The monoisotopic (exact) mass is 284 g/mol. The van der Waals surface area contributed by atoms with Crippen LogP contribution in [0.15, 0.2) is 36.4 Å². The Labute approximate surface area is 124 Å². The van der Waals surface area contributed by atoms with Crippen LogP contribution in [0.5, 0.6) is 11.5 Å². The minimum atomic E-state index is 0.272. The van der Waals surface area contributed by atoms with Gasteiger partial charge in [0.2, 0.25) is 0 Å². The second-order valence-electron chi connectivity index (χ2n) is 5.29. The molecular formula is C17H20N2O2. The number of fused-ring (bicyclic) bond motifs is 1. The molecule has 1 aliphatic heterocycles. The minimum Gasteiger partial charge on any atom is -0.493 e. The fraction of sp³-hybridized carbons (Fsp3) is 0.353. The number of aryl methyl sites for hydroxylation is 1. The van der Waals surface area contributed by atoms with E-state index in [-0.39, 0.29) is 5.92 Å². The zero-order valence-corrected chi connectivity index (χ0v) is 12.2. The third-order valence-electron chi connectivity index (χ3n) is 3.69. The molecule has 4 nitrogen and oxygen atoms in total. The van der Waals surface area contributed by atoms with E-state index in [9.17, 15) is 0 Å². The van der Waals surface area contributed by atoms with E-state index in [1.165, 1.54) is 5.56 Å². The van der Waals surface area contributed by atoms with Gasteiger partial charge in [-0.2, -0.15) is 0 Å². The first-order valence-corrected chi connectivity index (χ1v) is 7.29. The number of pyridine rings is 1. The van der Waals surface area contributed by atoms with Gasteiger partial charge in [-0.3, -0.25) is 4.98 Å². The Bertz CT molecular complexity index is 628. The summed E-state index contributed by atoms with van der Waals surface area (Å²) in [5, 5.41) is 0. The smallest absolute Gasteiger partial charge is 0.140 e. The Hall–Kier alpha value is -2.07. The van der Waals surface area contributed by atoms with Crippen LogP contribution in [0.4, 0.5) is 0 Å². The van der Waals surface area contributed by atoms with E-state index in [0.29, 0.717) is 19.8 Å². The Morgan fingerprint density at radius 3 is 3.00 bits per heavy atom. The lowest BCUT2D eigenvalue weighted by molar-refractivity contribution is 0.246. The number of para-hydroxylation sites is 1. The second kappa shape index (κ2) is 6.14. The molecule has 1 atom stereocenters. The average Bonchev–Trinajstić information content (AvgIpc) is 2.90. The molecule has 2 N–H and O–H groups in total. The number of nitrogens with two attached hydrogens (primary N) is 1. The molecule has 0 spiro atoms. The molecule has 0 aliphatic carbocycles. The maximum atomic E-state index is 5.99. The van der Waals surface area contributed by atoms with E-state index in [4.69, 9.17) is 15.2 Å². The summed E-state index contributed by atoms with van der Waals surface area (Å²) in [4.78, 5) is 4.52. The number of ether oxygens (including phenoxy) is 2. The predicted molar refractivity (Wildman–Crippen MR) is 81.9 cm³/mol. The molecule has 0 saturated heterocycles. The molecular weight excluding hydrogens is 264 g/mol. The van der Waals surface area contributed by atoms with Crippen molar-refractivity contribution in [1.82, 2.24) is 4.98 Å².